The molecule has 0 saturated carbocycles. The summed E-state index contributed by atoms with van der Waals surface area (Å²) >= 11 is 0. The van der Waals surface area contributed by atoms with Crippen LogP contribution in [0.25, 0.3) is 0 Å². The van der Waals surface area contributed by atoms with Crippen LogP contribution in [0.5, 0.6) is 0 Å². The second kappa shape index (κ2) is 4.78. The number of nitrogen functional groups attached to an aromatic ring is 1. The Labute approximate surface area is 99.2 Å². The van der Waals surface area contributed by atoms with E-state index < -0.39 is 0 Å². The van der Waals surface area contributed by atoms with Gasteiger partial charge >= 0.3 is 0 Å². The molecule has 17 heavy (non-hydrogen) atoms. The summed E-state index contributed by atoms with van der Waals surface area (Å²) in [6.07, 6.45) is 2.39. The number of nitrogens with two attached hydrogens (primary N) is 1. The summed E-state index contributed by atoms with van der Waals surface area (Å²) in [5.74, 6) is -0.101. The Morgan fingerprint density at radius 2 is 2.29 bits per heavy atom. The van der Waals surface area contributed by atoms with Gasteiger partial charge in [0.1, 0.15) is 5.69 Å². The minimum absolute atomic E-state index is 0.101. The molecule has 0 radical (unpaired) electrons. The van der Waals surface area contributed by atoms with Crippen LogP contribution >= 0.6 is 0 Å². The van der Waals surface area contributed by atoms with Crippen molar-refractivity contribution in [3.05, 3.63) is 41.7 Å². The van der Waals surface area contributed by atoms with Crippen molar-refractivity contribution in [2.24, 2.45) is 0 Å². The number of carbonyl (C=O) groups is 1. The number of nitrogens with zero attached hydrogens (tertiary/aromatic N) is 3. The zero-order valence-corrected chi connectivity index (χ0v) is 9.63. The van der Waals surface area contributed by atoms with Gasteiger partial charge in [-0.1, -0.05) is 24.3 Å². The molecular weight excluding hydrogens is 216 g/mol. The number of anilines is 1. The predicted octanol–water partition coefficient (Wildman–Crippen LogP) is 1.50. The fourth-order valence-corrected chi connectivity index (χ4v) is 1.64. The number of aromatic nitrogens is 3. The fraction of sp³-hybridized carbons (Fsp3) is 0.250. The molecule has 0 bridgehead atoms. The van der Waals surface area contributed by atoms with Crippen molar-refractivity contribution in [2.45, 2.75) is 19.9 Å². The summed E-state index contributed by atoms with van der Waals surface area (Å²) in [6.45, 7) is 2.71. The van der Waals surface area contributed by atoms with Gasteiger partial charge in [0.2, 0.25) is 5.78 Å². The fourth-order valence-electron chi connectivity index (χ4n) is 1.64. The predicted molar refractivity (Wildman–Crippen MR) is 64.6 cm³/mol. The Morgan fingerprint density at radius 3 is 3.00 bits per heavy atom. The Bertz CT molecular complexity index is 533. The van der Waals surface area contributed by atoms with E-state index in [9.17, 15) is 4.79 Å². The van der Waals surface area contributed by atoms with E-state index in [4.69, 9.17) is 5.73 Å². The lowest BCUT2D eigenvalue weighted by Crippen LogP contribution is -2.11. The third kappa shape index (κ3) is 2.33. The van der Waals surface area contributed by atoms with Crippen molar-refractivity contribution >= 4 is 11.5 Å². The first-order valence-corrected chi connectivity index (χ1v) is 5.51. The lowest BCUT2D eigenvalue weighted by atomic mass is 10.1. The second-order valence-electron chi connectivity index (χ2n) is 3.80. The molecule has 0 aliphatic rings. The summed E-state index contributed by atoms with van der Waals surface area (Å²) in [5, 5.41) is 7.66. The highest BCUT2D eigenvalue weighted by Gasteiger charge is 2.14. The van der Waals surface area contributed by atoms with Gasteiger partial charge in [0, 0.05) is 17.8 Å². The highest BCUT2D eigenvalue weighted by Crippen LogP contribution is 2.12. The first-order chi connectivity index (χ1) is 8.22. The van der Waals surface area contributed by atoms with Crippen molar-refractivity contribution < 1.29 is 4.79 Å². The first kappa shape index (κ1) is 11.3. The minimum Gasteiger partial charge on any atom is -0.399 e. The van der Waals surface area contributed by atoms with E-state index in [-0.39, 0.29) is 5.78 Å². The van der Waals surface area contributed by atoms with Gasteiger partial charge in [-0.15, -0.1) is 5.10 Å². The average molecular weight is 230 g/mol. The molecule has 2 rings (SSSR count). The smallest absolute Gasteiger partial charge is 0.212 e. The van der Waals surface area contributed by atoms with Crippen LogP contribution < -0.4 is 5.73 Å². The van der Waals surface area contributed by atoms with Crippen molar-refractivity contribution in [3.63, 3.8) is 0 Å². The number of benzene rings is 1. The van der Waals surface area contributed by atoms with Gasteiger partial charge in [0.25, 0.3) is 0 Å². The zero-order valence-electron chi connectivity index (χ0n) is 9.63. The Hall–Kier alpha value is -2.17. The number of aryl methyl sites for hydroxylation is 1. The van der Waals surface area contributed by atoms with Crippen LogP contribution in [0.15, 0.2) is 30.5 Å². The molecule has 0 fully saturated rings. The standard InChI is InChI=1S/C12H14N4O/c1-2-6-16-11(8-14-15-16)12(17)9-4-3-5-10(13)7-9/h3-5,7-8H,2,6,13H2,1H3. The van der Waals surface area contributed by atoms with Crippen LogP contribution in [0.1, 0.15) is 29.4 Å². The van der Waals surface area contributed by atoms with Gasteiger partial charge in [0.15, 0.2) is 0 Å². The molecular formula is C12H14N4O. The zero-order chi connectivity index (χ0) is 12.3. The van der Waals surface area contributed by atoms with Crippen molar-refractivity contribution in [3.8, 4) is 0 Å². The number of ketones is 1. The third-order valence-electron chi connectivity index (χ3n) is 2.43. The molecule has 5 nitrogen and oxygen atoms in total. The molecule has 0 spiro atoms. The van der Waals surface area contributed by atoms with Crippen LogP contribution in [0.4, 0.5) is 5.69 Å². The normalized spacial score (nSPS) is 10.4. The highest BCUT2D eigenvalue weighted by molar-refractivity contribution is 6.08. The molecule has 1 aromatic heterocycles. The molecule has 2 aromatic rings. The van der Waals surface area contributed by atoms with E-state index in [0.717, 1.165) is 6.42 Å². The highest BCUT2D eigenvalue weighted by atomic mass is 16.1. The van der Waals surface area contributed by atoms with Gasteiger partial charge < -0.3 is 5.73 Å². The van der Waals surface area contributed by atoms with E-state index in [1.807, 2.05) is 6.92 Å². The maximum Gasteiger partial charge on any atom is 0.212 e. The quantitative estimate of drug-likeness (QED) is 0.638. The van der Waals surface area contributed by atoms with Crippen molar-refractivity contribution in [2.75, 3.05) is 5.73 Å². The maximum absolute atomic E-state index is 12.2. The van der Waals surface area contributed by atoms with Gasteiger partial charge in [0.05, 0.1) is 6.20 Å². The topological polar surface area (TPSA) is 73.8 Å². The second-order valence-corrected chi connectivity index (χ2v) is 3.80. The monoisotopic (exact) mass is 230 g/mol. The maximum atomic E-state index is 12.2. The number of carbonyl (C=O) groups excluding carboxylic acids is 1. The Morgan fingerprint density at radius 1 is 1.47 bits per heavy atom. The molecule has 88 valence electrons. The lowest BCUT2D eigenvalue weighted by Gasteiger charge is -2.04. The van der Waals surface area contributed by atoms with Gasteiger partial charge in [-0.25, -0.2) is 4.68 Å². The van der Waals surface area contributed by atoms with Gasteiger partial charge in [-0.2, -0.15) is 0 Å². The SMILES string of the molecule is CCCn1nncc1C(=O)c1cccc(N)c1. The number of rotatable bonds is 4. The largest absolute Gasteiger partial charge is 0.399 e. The molecule has 0 aliphatic heterocycles. The van der Waals surface area contributed by atoms with Crippen LogP contribution in [0, 0.1) is 0 Å². The van der Waals surface area contributed by atoms with E-state index in [0.29, 0.717) is 23.5 Å². The first-order valence-electron chi connectivity index (χ1n) is 5.51. The number of hydrogen-bond donors (Lipinski definition) is 1. The molecule has 1 aromatic carbocycles. The molecule has 0 aliphatic carbocycles. The lowest BCUT2D eigenvalue weighted by molar-refractivity contribution is 0.102. The Balaban J connectivity index is 2.33. The van der Waals surface area contributed by atoms with E-state index in [1.165, 1.54) is 6.20 Å². The molecule has 0 saturated heterocycles. The molecule has 0 unspecified atom stereocenters. The third-order valence-corrected chi connectivity index (χ3v) is 2.43. The van der Waals surface area contributed by atoms with Gasteiger partial charge in [-0.05, 0) is 18.6 Å². The summed E-state index contributed by atoms with van der Waals surface area (Å²) in [4.78, 5) is 12.2. The molecule has 0 amide bonds. The molecule has 5 heteroatoms. The molecule has 1 heterocycles. The van der Waals surface area contributed by atoms with Crippen LogP contribution in [-0.4, -0.2) is 20.8 Å². The van der Waals surface area contributed by atoms with Crippen LogP contribution in [0.3, 0.4) is 0 Å². The van der Waals surface area contributed by atoms with Gasteiger partial charge in [-0.3, -0.25) is 4.79 Å². The molecule has 0 atom stereocenters. The van der Waals surface area contributed by atoms with Crippen molar-refractivity contribution in [1.82, 2.24) is 15.0 Å². The van der Waals surface area contributed by atoms with E-state index >= 15 is 0 Å². The summed E-state index contributed by atoms with van der Waals surface area (Å²) in [5.41, 5.74) is 7.29. The summed E-state index contributed by atoms with van der Waals surface area (Å²) < 4.78 is 1.62. The number of hydrogen-bond acceptors (Lipinski definition) is 4. The van der Waals surface area contributed by atoms with E-state index in [2.05, 4.69) is 10.3 Å². The van der Waals surface area contributed by atoms with Crippen LogP contribution in [0.2, 0.25) is 0 Å². The molecule has 2 N–H and O–H groups in total. The Kier molecular flexibility index (Phi) is 3.18. The summed E-state index contributed by atoms with van der Waals surface area (Å²) in [6, 6.07) is 6.91. The average Bonchev–Trinajstić information content (AvgIpc) is 2.77. The minimum atomic E-state index is -0.101. The summed E-state index contributed by atoms with van der Waals surface area (Å²) in [7, 11) is 0. The van der Waals surface area contributed by atoms with Crippen LogP contribution in [-0.2, 0) is 6.54 Å². The van der Waals surface area contributed by atoms with Crippen molar-refractivity contribution in [1.29, 1.82) is 0 Å². The van der Waals surface area contributed by atoms with E-state index in [1.54, 1.807) is 28.9 Å².